The standard InChI is InChI=1S/C20H26F2N2O2/c1-14-4-3-10-24-16(7-11-26-2)12-17(18(14)24)19(25)23-13-15-5-8-20(21,22)9-6-15/h3-4,10,12,15H,5-9,11,13H2,1-2H3,(H,23,25). The highest BCUT2D eigenvalue weighted by Crippen LogP contribution is 2.35. The van der Waals surface area contributed by atoms with Crippen molar-refractivity contribution < 1.29 is 18.3 Å². The molecule has 3 rings (SSSR count). The molecule has 0 radical (unpaired) electrons. The number of methoxy groups -OCH3 is 1. The molecule has 1 saturated carbocycles. The molecule has 4 nitrogen and oxygen atoms in total. The average molecular weight is 364 g/mol. The van der Waals surface area contributed by atoms with Gasteiger partial charge in [0.15, 0.2) is 0 Å². The summed E-state index contributed by atoms with van der Waals surface area (Å²) in [5.41, 5.74) is 3.58. The molecule has 1 aliphatic rings. The molecule has 2 aromatic rings. The minimum atomic E-state index is -2.54. The summed E-state index contributed by atoms with van der Waals surface area (Å²) < 4.78 is 33.7. The quantitative estimate of drug-likeness (QED) is 0.842. The first-order chi connectivity index (χ1) is 12.4. The number of aryl methyl sites for hydroxylation is 1. The topological polar surface area (TPSA) is 42.7 Å². The van der Waals surface area contributed by atoms with Crippen LogP contribution in [0.15, 0.2) is 24.4 Å². The third-order valence-electron chi connectivity index (χ3n) is 5.27. The zero-order valence-electron chi connectivity index (χ0n) is 15.4. The van der Waals surface area contributed by atoms with Crippen LogP contribution in [0, 0.1) is 12.8 Å². The van der Waals surface area contributed by atoms with Crippen LogP contribution < -0.4 is 5.32 Å². The number of nitrogens with one attached hydrogen (secondary N) is 1. The fourth-order valence-corrected chi connectivity index (χ4v) is 3.71. The predicted molar refractivity (Wildman–Crippen MR) is 97.0 cm³/mol. The third kappa shape index (κ3) is 4.06. The van der Waals surface area contributed by atoms with E-state index in [0.29, 0.717) is 38.0 Å². The SMILES string of the molecule is COCCc1cc(C(=O)NCC2CCC(F)(F)CC2)c2c(C)cccn12. The Morgan fingerprint density at radius 1 is 1.38 bits per heavy atom. The number of ether oxygens (including phenoxy) is 1. The molecule has 1 N–H and O–H groups in total. The molecular weight excluding hydrogens is 338 g/mol. The molecule has 2 aromatic heterocycles. The number of halogens is 2. The van der Waals surface area contributed by atoms with Crippen molar-refractivity contribution in [2.75, 3.05) is 20.3 Å². The van der Waals surface area contributed by atoms with Gasteiger partial charge in [-0.15, -0.1) is 0 Å². The molecule has 26 heavy (non-hydrogen) atoms. The maximum atomic E-state index is 13.3. The Morgan fingerprint density at radius 2 is 2.12 bits per heavy atom. The molecule has 6 heteroatoms. The number of hydrogen-bond donors (Lipinski definition) is 1. The summed E-state index contributed by atoms with van der Waals surface area (Å²) in [4.78, 5) is 12.8. The van der Waals surface area contributed by atoms with Crippen LogP contribution >= 0.6 is 0 Å². The van der Waals surface area contributed by atoms with Crippen molar-refractivity contribution in [3.63, 3.8) is 0 Å². The Labute approximate surface area is 152 Å². The van der Waals surface area contributed by atoms with E-state index in [9.17, 15) is 13.6 Å². The van der Waals surface area contributed by atoms with E-state index in [-0.39, 0.29) is 24.7 Å². The van der Waals surface area contributed by atoms with Gasteiger partial charge in [-0.25, -0.2) is 8.78 Å². The molecule has 0 aromatic carbocycles. The third-order valence-corrected chi connectivity index (χ3v) is 5.27. The number of nitrogens with zero attached hydrogens (tertiary/aromatic N) is 1. The smallest absolute Gasteiger partial charge is 0.253 e. The van der Waals surface area contributed by atoms with E-state index in [0.717, 1.165) is 16.8 Å². The van der Waals surface area contributed by atoms with Gasteiger partial charge in [0.05, 0.1) is 17.7 Å². The predicted octanol–water partition coefficient (Wildman–Crippen LogP) is 3.99. The van der Waals surface area contributed by atoms with Gasteiger partial charge in [0.2, 0.25) is 5.92 Å². The molecule has 0 bridgehead atoms. The van der Waals surface area contributed by atoms with Crippen LogP contribution in [0.25, 0.3) is 5.52 Å². The van der Waals surface area contributed by atoms with Gasteiger partial charge in [-0.3, -0.25) is 4.79 Å². The molecule has 1 amide bonds. The van der Waals surface area contributed by atoms with Gasteiger partial charge in [0.1, 0.15) is 0 Å². The minimum Gasteiger partial charge on any atom is -0.384 e. The lowest BCUT2D eigenvalue weighted by Crippen LogP contribution is -2.33. The van der Waals surface area contributed by atoms with Gasteiger partial charge in [0, 0.05) is 44.8 Å². The Morgan fingerprint density at radius 3 is 2.81 bits per heavy atom. The summed E-state index contributed by atoms with van der Waals surface area (Å²) in [5, 5.41) is 2.96. The normalized spacial score (nSPS) is 17.5. The van der Waals surface area contributed by atoms with Crippen molar-refractivity contribution in [2.24, 2.45) is 5.92 Å². The molecule has 142 valence electrons. The minimum absolute atomic E-state index is 0.0804. The van der Waals surface area contributed by atoms with Crippen LogP contribution in [-0.2, 0) is 11.2 Å². The summed E-state index contributed by atoms with van der Waals surface area (Å²) >= 11 is 0. The number of aromatic nitrogens is 1. The second kappa shape index (κ2) is 7.74. The van der Waals surface area contributed by atoms with Gasteiger partial charge in [-0.05, 0) is 43.4 Å². The van der Waals surface area contributed by atoms with Gasteiger partial charge < -0.3 is 14.5 Å². The van der Waals surface area contributed by atoms with E-state index in [1.165, 1.54) is 0 Å². The maximum absolute atomic E-state index is 13.3. The van der Waals surface area contributed by atoms with E-state index in [4.69, 9.17) is 4.74 Å². The van der Waals surface area contributed by atoms with Crippen LogP contribution in [0.1, 0.15) is 47.3 Å². The van der Waals surface area contributed by atoms with Crippen LogP contribution in [0.3, 0.4) is 0 Å². The van der Waals surface area contributed by atoms with Crippen molar-refractivity contribution in [1.29, 1.82) is 0 Å². The van der Waals surface area contributed by atoms with Crippen molar-refractivity contribution in [3.8, 4) is 0 Å². The molecular formula is C20H26F2N2O2. The summed E-state index contributed by atoms with van der Waals surface area (Å²) in [7, 11) is 1.66. The number of amides is 1. The highest BCUT2D eigenvalue weighted by molar-refractivity contribution is 6.02. The number of carbonyl (C=O) groups excluding carboxylic acids is 1. The summed E-state index contributed by atoms with van der Waals surface area (Å²) in [6.07, 6.45) is 3.43. The van der Waals surface area contributed by atoms with E-state index < -0.39 is 5.92 Å². The van der Waals surface area contributed by atoms with Gasteiger partial charge in [-0.1, -0.05) is 6.07 Å². The lowest BCUT2D eigenvalue weighted by atomic mass is 9.87. The summed E-state index contributed by atoms with van der Waals surface area (Å²) in [6, 6.07) is 5.85. The number of pyridine rings is 1. The van der Waals surface area contributed by atoms with Crippen LogP contribution in [0.5, 0.6) is 0 Å². The molecule has 1 fully saturated rings. The number of rotatable bonds is 6. The molecule has 2 heterocycles. The van der Waals surface area contributed by atoms with Crippen molar-refractivity contribution in [3.05, 3.63) is 41.2 Å². The zero-order chi connectivity index (χ0) is 18.7. The lowest BCUT2D eigenvalue weighted by Gasteiger charge is -2.28. The lowest BCUT2D eigenvalue weighted by molar-refractivity contribution is -0.0452. The van der Waals surface area contributed by atoms with E-state index in [1.54, 1.807) is 7.11 Å². The van der Waals surface area contributed by atoms with Gasteiger partial charge in [0.25, 0.3) is 5.91 Å². The van der Waals surface area contributed by atoms with Crippen molar-refractivity contribution >= 4 is 11.4 Å². The highest BCUT2D eigenvalue weighted by Gasteiger charge is 2.34. The van der Waals surface area contributed by atoms with E-state index >= 15 is 0 Å². The molecule has 0 unspecified atom stereocenters. The second-order valence-electron chi connectivity index (χ2n) is 7.21. The molecule has 1 aliphatic carbocycles. The Balaban J connectivity index is 1.73. The highest BCUT2D eigenvalue weighted by atomic mass is 19.3. The Kier molecular flexibility index (Phi) is 5.61. The molecule has 0 atom stereocenters. The fourth-order valence-electron chi connectivity index (χ4n) is 3.71. The maximum Gasteiger partial charge on any atom is 0.253 e. The van der Waals surface area contributed by atoms with Gasteiger partial charge in [-0.2, -0.15) is 0 Å². The largest absolute Gasteiger partial charge is 0.384 e. The van der Waals surface area contributed by atoms with E-state index in [2.05, 4.69) is 5.32 Å². The second-order valence-corrected chi connectivity index (χ2v) is 7.21. The molecule has 0 saturated heterocycles. The van der Waals surface area contributed by atoms with Crippen molar-refractivity contribution in [1.82, 2.24) is 9.72 Å². The Bertz CT molecular complexity index is 775. The number of alkyl halides is 2. The summed E-state index contributed by atoms with van der Waals surface area (Å²) in [5.74, 6) is -2.55. The van der Waals surface area contributed by atoms with Gasteiger partial charge >= 0.3 is 0 Å². The van der Waals surface area contributed by atoms with E-state index in [1.807, 2.05) is 35.7 Å². The Hall–Kier alpha value is -1.95. The number of hydrogen-bond acceptors (Lipinski definition) is 2. The first-order valence-corrected chi connectivity index (χ1v) is 9.16. The number of carbonyl (C=O) groups is 1. The first kappa shape index (κ1) is 18.8. The number of fused-ring (bicyclic) bond motifs is 1. The van der Waals surface area contributed by atoms with Crippen molar-refractivity contribution in [2.45, 2.75) is 45.0 Å². The van der Waals surface area contributed by atoms with Crippen LogP contribution in [-0.4, -0.2) is 36.5 Å². The zero-order valence-corrected chi connectivity index (χ0v) is 15.4. The monoisotopic (exact) mass is 364 g/mol. The molecule has 0 aliphatic heterocycles. The first-order valence-electron chi connectivity index (χ1n) is 9.16. The van der Waals surface area contributed by atoms with Crippen LogP contribution in [0.4, 0.5) is 8.78 Å². The molecule has 0 spiro atoms. The van der Waals surface area contributed by atoms with Crippen LogP contribution in [0.2, 0.25) is 0 Å². The summed E-state index contributed by atoms with van der Waals surface area (Å²) in [6.45, 7) is 3.01. The fraction of sp³-hybridized carbons (Fsp3) is 0.550. The average Bonchev–Trinajstić information content (AvgIpc) is 2.99.